The first kappa shape index (κ1) is 17.7. The Balaban J connectivity index is 2.09. The molecule has 7 heteroatoms. The summed E-state index contributed by atoms with van der Waals surface area (Å²) in [7, 11) is 3.30. The fraction of sp³-hybridized carbons (Fsp3) is 0.353. The first-order valence-corrected chi connectivity index (χ1v) is 7.73. The number of nitrogens with one attached hydrogen (secondary N) is 2. The van der Waals surface area contributed by atoms with E-state index in [-0.39, 0.29) is 12.5 Å². The lowest BCUT2D eigenvalue weighted by Crippen LogP contribution is -2.42. The van der Waals surface area contributed by atoms with Crippen LogP contribution < -0.4 is 10.6 Å². The molecule has 24 heavy (non-hydrogen) atoms. The van der Waals surface area contributed by atoms with Crippen LogP contribution >= 0.6 is 0 Å². The molecular formula is C17H23N5O2. The number of carbonyl (C=O) groups excluding carboxylic acids is 2. The standard InChI is InChI=1S/C17H23N5O2/c1-12-15(10-21(4)11-16(23)19-17(24)18-3)13(2)22(20-12)14-8-6-5-7-9-14/h5-9H,10-11H2,1-4H3,(H2,18,19,23,24). The van der Waals surface area contributed by atoms with Crippen molar-refractivity contribution in [2.75, 3.05) is 20.6 Å². The van der Waals surface area contributed by atoms with Gasteiger partial charge in [-0.05, 0) is 33.0 Å². The SMILES string of the molecule is CNC(=O)NC(=O)CN(C)Cc1c(C)nn(-c2ccccc2)c1C. The number of para-hydroxylation sites is 1. The molecule has 3 amide bonds. The number of benzene rings is 1. The lowest BCUT2D eigenvalue weighted by molar-refractivity contribution is -0.120. The van der Waals surface area contributed by atoms with Gasteiger partial charge in [-0.3, -0.25) is 15.0 Å². The molecule has 7 nitrogen and oxygen atoms in total. The van der Waals surface area contributed by atoms with Crippen molar-refractivity contribution in [1.29, 1.82) is 0 Å². The summed E-state index contributed by atoms with van der Waals surface area (Å²) >= 11 is 0. The Morgan fingerprint density at radius 3 is 2.50 bits per heavy atom. The highest BCUT2D eigenvalue weighted by molar-refractivity contribution is 5.95. The van der Waals surface area contributed by atoms with Crippen molar-refractivity contribution < 1.29 is 9.59 Å². The molecule has 0 radical (unpaired) electrons. The Morgan fingerprint density at radius 2 is 1.88 bits per heavy atom. The number of nitrogens with zero attached hydrogens (tertiary/aromatic N) is 3. The van der Waals surface area contributed by atoms with Crippen molar-refractivity contribution in [2.24, 2.45) is 0 Å². The summed E-state index contributed by atoms with van der Waals surface area (Å²) in [5.41, 5.74) is 4.05. The van der Waals surface area contributed by atoms with Gasteiger partial charge in [-0.2, -0.15) is 5.10 Å². The molecule has 0 bridgehead atoms. The first-order valence-electron chi connectivity index (χ1n) is 7.73. The molecule has 0 atom stereocenters. The molecule has 0 spiro atoms. The third-order valence-electron chi connectivity index (χ3n) is 3.76. The number of imide groups is 1. The number of hydrogen-bond donors (Lipinski definition) is 2. The van der Waals surface area contributed by atoms with E-state index in [4.69, 9.17) is 0 Å². The first-order chi connectivity index (χ1) is 11.4. The fourth-order valence-electron chi connectivity index (χ4n) is 2.52. The Kier molecular flexibility index (Phi) is 5.70. The van der Waals surface area contributed by atoms with Crippen LogP contribution in [0.3, 0.4) is 0 Å². The molecule has 0 aliphatic heterocycles. The minimum Gasteiger partial charge on any atom is -0.341 e. The van der Waals surface area contributed by atoms with Crippen molar-refractivity contribution in [2.45, 2.75) is 20.4 Å². The predicted molar refractivity (Wildman–Crippen MR) is 92.0 cm³/mol. The van der Waals surface area contributed by atoms with E-state index in [2.05, 4.69) is 15.7 Å². The van der Waals surface area contributed by atoms with E-state index in [1.165, 1.54) is 7.05 Å². The van der Waals surface area contributed by atoms with E-state index >= 15 is 0 Å². The summed E-state index contributed by atoms with van der Waals surface area (Å²) in [6.45, 7) is 4.68. The highest BCUT2D eigenvalue weighted by atomic mass is 16.2. The van der Waals surface area contributed by atoms with Crippen LogP contribution in [-0.4, -0.2) is 47.3 Å². The molecule has 2 N–H and O–H groups in total. The van der Waals surface area contributed by atoms with Gasteiger partial charge in [0, 0.05) is 24.8 Å². The smallest absolute Gasteiger partial charge is 0.321 e. The molecule has 1 aromatic heterocycles. The van der Waals surface area contributed by atoms with Crippen LogP contribution in [0.25, 0.3) is 5.69 Å². The van der Waals surface area contributed by atoms with E-state index in [1.807, 2.05) is 60.8 Å². The molecule has 0 unspecified atom stereocenters. The second-order valence-electron chi connectivity index (χ2n) is 5.70. The van der Waals surface area contributed by atoms with Crippen LogP contribution in [0.5, 0.6) is 0 Å². The van der Waals surface area contributed by atoms with Gasteiger partial charge in [0.2, 0.25) is 5.91 Å². The minimum absolute atomic E-state index is 0.128. The zero-order chi connectivity index (χ0) is 17.7. The third-order valence-corrected chi connectivity index (χ3v) is 3.76. The molecule has 0 saturated carbocycles. The summed E-state index contributed by atoms with van der Waals surface area (Å²) in [5, 5.41) is 9.21. The maximum Gasteiger partial charge on any atom is 0.321 e. The topological polar surface area (TPSA) is 79.3 Å². The van der Waals surface area contributed by atoms with E-state index in [0.717, 1.165) is 22.6 Å². The van der Waals surface area contributed by atoms with Gasteiger partial charge in [-0.15, -0.1) is 0 Å². The zero-order valence-electron chi connectivity index (χ0n) is 14.5. The minimum atomic E-state index is -0.502. The number of aromatic nitrogens is 2. The van der Waals surface area contributed by atoms with Crippen molar-refractivity contribution in [3.8, 4) is 5.69 Å². The molecule has 0 saturated heterocycles. The second-order valence-corrected chi connectivity index (χ2v) is 5.70. The Morgan fingerprint density at radius 1 is 1.21 bits per heavy atom. The summed E-state index contributed by atoms with van der Waals surface area (Å²) in [4.78, 5) is 24.8. The molecule has 2 rings (SSSR count). The van der Waals surface area contributed by atoms with Gasteiger partial charge in [-0.25, -0.2) is 9.48 Å². The average Bonchev–Trinajstić information content (AvgIpc) is 2.83. The number of amides is 3. The Hall–Kier alpha value is -2.67. The van der Waals surface area contributed by atoms with Crippen LogP contribution in [-0.2, 0) is 11.3 Å². The van der Waals surface area contributed by atoms with Crippen LogP contribution in [0.2, 0.25) is 0 Å². The van der Waals surface area contributed by atoms with E-state index in [9.17, 15) is 9.59 Å². The predicted octanol–water partition coefficient (Wildman–Crippen LogP) is 1.38. The maximum absolute atomic E-state index is 11.8. The maximum atomic E-state index is 11.8. The zero-order valence-corrected chi connectivity index (χ0v) is 14.5. The van der Waals surface area contributed by atoms with Gasteiger partial charge >= 0.3 is 6.03 Å². The van der Waals surface area contributed by atoms with Crippen LogP contribution in [0.15, 0.2) is 30.3 Å². The fourth-order valence-corrected chi connectivity index (χ4v) is 2.52. The van der Waals surface area contributed by atoms with Crippen molar-refractivity contribution in [1.82, 2.24) is 25.3 Å². The van der Waals surface area contributed by atoms with E-state index < -0.39 is 6.03 Å². The van der Waals surface area contributed by atoms with Crippen LogP contribution in [0.4, 0.5) is 4.79 Å². The van der Waals surface area contributed by atoms with Gasteiger partial charge in [0.05, 0.1) is 17.9 Å². The largest absolute Gasteiger partial charge is 0.341 e. The molecule has 1 heterocycles. The average molecular weight is 329 g/mol. The molecule has 0 aliphatic rings. The molecule has 1 aromatic carbocycles. The highest BCUT2D eigenvalue weighted by Crippen LogP contribution is 2.19. The number of hydrogen-bond acceptors (Lipinski definition) is 4. The molecule has 128 valence electrons. The van der Waals surface area contributed by atoms with Crippen molar-refractivity contribution in [3.05, 3.63) is 47.3 Å². The van der Waals surface area contributed by atoms with E-state index in [1.54, 1.807) is 0 Å². The highest BCUT2D eigenvalue weighted by Gasteiger charge is 2.16. The van der Waals surface area contributed by atoms with Crippen LogP contribution in [0, 0.1) is 13.8 Å². The van der Waals surface area contributed by atoms with Crippen LogP contribution in [0.1, 0.15) is 17.0 Å². The quantitative estimate of drug-likeness (QED) is 0.868. The molecule has 0 fully saturated rings. The summed E-state index contributed by atoms with van der Waals surface area (Å²) in [6.07, 6.45) is 0. The summed E-state index contributed by atoms with van der Waals surface area (Å²) < 4.78 is 1.91. The van der Waals surface area contributed by atoms with Gasteiger partial charge in [0.15, 0.2) is 0 Å². The summed E-state index contributed by atoms with van der Waals surface area (Å²) in [6, 6.07) is 9.42. The molecular weight excluding hydrogens is 306 g/mol. The summed E-state index contributed by atoms with van der Waals surface area (Å²) in [5.74, 6) is -0.345. The lowest BCUT2D eigenvalue weighted by Gasteiger charge is -2.16. The third kappa shape index (κ3) is 4.20. The van der Waals surface area contributed by atoms with Gasteiger partial charge in [0.25, 0.3) is 0 Å². The number of aryl methyl sites for hydroxylation is 1. The second kappa shape index (κ2) is 7.74. The van der Waals surface area contributed by atoms with Crippen molar-refractivity contribution in [3.63, 3.8) is 0 Å². The van der Waals surface area contributed by atoms with Gasteiger partial charge in [0.1, 0.15) is 0 Å². The number of likely N-dealkylation sites (N-methyl/N-ethyl adjacent to an activating group) is 1. The van der Waals surface area contributed by atoms with E-state index in [0.29, 0.717) is 6.54 Å². The lowest BCUT2D eigenvalue weighted by atomic mass is 10.2. The normalized spacial score (nSPS) is 10.7. The molecule has 2 aromatic rings. The van der Waals surface area contributed by atoms with Gasteiger partial charge < -0.3 is 5.32 Å². The Labute approximate surface area is 141 Å². The van der Waals surface area contributed by atoms with Gasteiger partial charge in [-0.1, -0.05) is 18.2 Å². The number of urea groups is 1. The number of rotatable bonds is 5. The molecule has 0 aliphatic carbocycles. The monoisotopic (exact) mass is 329 g/mol. The number of carbonyl (C=O) groups is 2. The van der Waals surface area contributed by atoms with Crippen molar-refractivity contribution >= 4 is 11.9 Å². The Bertz CT molecular complexity index is 724.